The van der Waals surface area contributed by atoms with Crippen LogP contribution in [0.2, 0.25) is 0 Å². The highest BCUT2D eigenvalue weighted by Gasteiger charge is 2.37. The number of hydrogen-bond donors (Lipinski definition) is 0. The van der Waals surface area contributed by atoms with Crippen molar-refractivity contribution in [2.75, 3.05) is 22.9 Å². The van der Waals surface area contributed by atoms with Crippen molar-refractivity contribution in [1.29, 1.82) is 0 Å². The predicted molar refractivity (Wildman–Crippen MR) is 147 cm³/mol. The molecule has 5 rings (SSSR count). The summed E-state index contributed by atoms with van der Waals surface area (Å²) in [4.78, 5) is 9.90. The first-order chi connectivity index (χ1) is 19.9. The van der Waals surface area contributed by atoms with Crippen LogP contribution in [0.15, 0.2) is 48.5 Å². The lowest BCUT2D eigenvalue weighted by molar-refractivity contribution is -0.143. The minimum Gasteiger partial charge on any atom is -0.356 e. The average Bonchev–Trinajstić information content (AvgIpc) is 3.61. The number of aryl methyl sites for hydroxylation is 1. The van der Waals surface area contributed by atoms with E-state index in [0.29, 0.717) is 12.5 Å². The number of hydrogen-bond acceptors (Lipinski definition) is 6. The maximum absolute atomic E-state index is 13.6. The fraction of sp³-hybridized carbons (Fsp3) is 0.448. The van der Waals surface area contributed by atoms with Gasteiger partial charge in [-0.2, -0.15) is 31.1 Å². The molecule has 0 amide bonds. The fourth-order valence-corrected chi connectivity index (χ4v) is 5.54. The Balaban J connectivity index is 1.57. The minimum absolute atomic E-state index is 0.0708. The molecule has 1 saturated carbocycles. The van der Waals surface area contributed by atoms with Crippen LogP contribution in [0.3, 0.4) is 0 Å². The summed E-state index contributed by atoms with van der Waals surface area (Å²) in [6, 6.07) is 11.2. The summed E-state index contributed by atoms with van der Waals surface area (Å²) in [6.45, 7) is 3.29. The third kappa shape index (κ3) is 6.76. The van der Waals surface area contributed by atoms with Crippen molar-refractivity contribution >= 4 is 22.7 Å². The van der Waals surface area contributed by atoms with Gasteiger partial charge in [0.15, 0.2) is 0 Å². The second kappa shape index (κ2) is 11.8. The van der Waals surface area contributed by atoms with Crippen molar-refractivity contribution < 1.29 is 26.3 Å². The van der Waals surface area contributed by atoms with Crippen LogP contribution in [0.1, 0.15) is 54.9 Å². The molecule has 2 heterocycles. The molecule has 1 aliphatic carbocycles. The van der Waals surface area contributed by atoms with E-state index in [4.69, 9.17) is 4.98 Å². The minimum atomic E-state index is -4.96. The Bertz CT molecular complexity index is 1490. The summed E-state index contributed by atoms with van der Waals surface area (Å²) in [5.74, 6) is 1.31. The number of para-hydroxylation sites is 1. The third-order valence-corrected chi connectivity index (χ3v) is 7.58. The SMILES string of the molecule is CCN(CC1CCCC1)c1nc2ccccc2cc1CN(Cc1cc(C(F)(F)F)cc(C(F)(F)F)c1)c1nnn(C)n1. The van der Waals surface area contributed by atoms with Gasteiger partial charge in [-0.05, 0) is 66.8 Å². The van der Waals surface area contributed by atoms with E-state index < -0.39 is 23.5 Å². The quantitative estimate of drug-likeness (QED) is 0.195. The summed E-state index contributed by atoms with van der Waals surface area (Å²) in [5, 5.41) is 13.0. The number of alkyl halides is 6. The van der Waals surface area contributed by atoms with Gasteiger partial charge >= 0.3 is 12.4 Å². The number of pyridine rings is 1. The molecule has 224 valence electrons. The van der Waals surface area contributed by atoms with E-state index in [-0.39, 0.29) is 30.7 Å². The van der Waals surface area contributed by atoms with Gasteiger partial charge in [-0.25, -0.2) is 4.98 Å². The van der Waals surface area contributed by atoms with Crippen LogP contribution >= 0.6 is 0 Å². The molecule has 1 aliphatic rings. The van der Waals surface area contributed by atoms with Gasteiger partial charge in [0.2, 0.25) is 0 Å². The molecule has 13 heteroatoms. The lowest BCUT2D eigenvalue weighted by Crippen LogP contribution is -2.32. The molecule has 0 spiro atoms. The predicted octanol–water partition coefficient (Wildman–Crippen LogP) is 7.02. The first-order valence-corrected chi connectivity index (χ1v) is 13.8. The highest BCUT2D eigenvalue weighted by Crippen LogP contribution is 2.37. The summed E-state index contributed by atoms with van der Waals surface area (Å²) in [7, 11) is 1.53. The number of fused-ring (bicyclic) bond motifs is 1. The van der Waals surface area contributed by atoms with Gasteiger partial charge in [-0.3, -0.25) is 0 Å². The average molecular weight is 592 g/mol. The number of aromatic nitrogens is 5. The van der Waals surface area contributed by atoms with Crippen molar-refractivity contribution in [3.63, 3.8) is 0 Å². The molecule has 0 bridgehead atoms. The van der Waals surface area contributed by atoms with Gasteiger partial charge < -0.3 is 9.80 Å². The van der Waals surface area contributed by atoms with Crippen molar-refractivity contribution in [2.45, 2.75) is 58.0 Å². The Labute approximate surface area is 239 Å². The molecule has 0 atom stereocenters. The second-order valence-electron chi connectivity index (χ2n) is 10.7. The van der Waals surface area contributed by atoms with Crippen molar-refractivity contribution in [3.8, 4) is 0 Å². The normalized spacial score (nSPS) is 14.6. The lowest BCUT2D eigenvalue weighted by atomic mass is 10.0. The van der Waals surface area contributed by atoms with Crippen LogP contribution in [-0.2, 0) is 32.5 Å². The number of tetrazole rings is 1. The molecule has 0 unspecified atom stereocenters. The highest BCUT2D eigenvalue weighted by atomic mass is 19.4. The van der Waals surface area contributed by atoms with Gasteiger partial charge in [-0.15, -0.1) is 5.10 Å². The van der Waals surface area contributed by atoms with Crippen LogP contribution < -0.4 is 9.80 Å². The van der Waals surface area contributed by atoms with E-state index in [0.717, 1.165) is 53.8 Å². The molecule has 7 nitrogen and oxygen atoms in total. The molecular formula is C29H31F6N7. The summed E-state index contributed by atoms with van der Waals surface area (Å²) in [6.07, 6.45) is -5.28. The van der Waals surface area contributed by atoms with Crippen molar-refractivity contribution in [2.24, 2.45) is 13.0 Å². The molecule has 0 aliphatic heterocycles. The number of anilines is 2. The Morgan fingerprint density at radius 2 is 1.55 bits per heavy atom. The number of rotatable bonds is 9. The Kier molecular flexibility index (Phi) is 8.29. The number of benzene rings is 2. The van der Waals surface area contributed by atoms with Crippen LogP contribution in [0.5, 0.6) is 0 Å². The van der Waals surface area contributed by atoms with Crippen molar-refractivity contribution in [1.82, 2.24) is 25.2 Å². The highest BCUT2D eigenvalue weighted by molar-refractivity contribution is 5.82. The Hall–Kier alpha value is -3.90. The van der Waals surface area contributed by atoms with Gasteiger partial charge in [0.25, 0.3) is 5.95 Å². The van der Waals surface area contributed by atoms with Gasteiger partial charge in [0, 0.05) is 37.1 Å². The Morgan fingerprint density at radius 1 is 0.881 bits per heavy atom. The molecule has 2 aromatic carbocycles. The van der Waals surface area contributed by atoms with E-state index in [1.165, 1.54) is 29.6 Å². The molecular weight excluding hydrogens is 560 g/mol. The zero-order valence-corrected chi connectivity index (χ0v) is 23.3. The third-order valence-electron chi connectivity index (χ3n) is 7.58. The Morgan fingerprint density at radius 3 is 2.14 bits per heavy atom. The maximum Gasteiger partial charge on any atom is 0.416 e. The van der Waals surface area contributed by atoms with Crippen LogP contribution in [0.4, 0.5) is 38.1 Å². The first-order valence-electron chi connectivity index (χ1n) is 13.8. The second-order valence-corrected chi connectivity index (χ2v) is 10.7. The standard InChI is InChI=1S/C29H31F6N7/c1-3-41(16-19-8-4-5-9-19)26-22(14-21-10-6-7-11-25(21)36-26)18-42(27-37-39-40(2)38-27)17-20-12-23(28(30,31)32)15-24(13-20)29(33,34)35/h6-7,10-15,19H,3-5,8-9,16-18H2,1-2H3. The van der Waals surface area contributed by atoms with E-state index in [1.54, 1.807) is 0 Å². The smallest absolute Gasteiger partial charge is 0.356 e. The molecule has 1 fully saturated rings. The van der Waals surface area contributed by atoms with E-state index >= 15 is 0 Å². The summed E-state index contributed by atoms with van der Waals surface area (Å²) in [5.41, 5.74) is -1.39. The van der Waals surface area contributed by atoms with Gasteiger partial charge in [-0.1, -0.05) is 36.1 Å². The summed E-state index contributed by atoms with van der Waals surface area (Å²) < 4.78 is 81.7. The fourth-order valence-electron chi connectivity index (χ4n) is 5.54. The van der Waals surface area contributed by atoms with Crippen molar-refractivity contribution in [3.05, 3.63) is 70.8 Å². The van der Waals surface area contributed by atoms with Crippen LogP contribution in [0, 0.1) is 5.92 Å². The monoisotopic (exact) mass is 591 g/mol. The van der Waals surface area contributed by atoms with Crippen LogP contribution in [-0.4, -0.2) is 38.3 Å². The topological polar surface area (TPSA) is 63.0 Å². The largest absolute Gasteiger partial charge is 0.416 e. The molecule has 42 heavy (non-hydrogen) atoms. The number of halogens is 6. The molecule has 0 saturated heterocycles. The first kappa shape index (κ1) is 29.6. The van der Waals surface area contributed by atoms with E-state index in [1.807, 2.05) is 37.3 Å². The molecule has 0 radical (unpaired) electrons. The summed E-state index contributed by atoms with van der Waals surface area (Å²) >= 11 is 0. The van der Waals surface area contributed by atoms with Gasteiger partial charge in [0.1, 0.15) is 5.82 Å². The van der Waals surface area contributed by atoms with Crippen LogP contribution in [0.25, 0.3) is 10.9 Å². The van der Waals surface area contributed by atoms with E-state index in [9.17, 15) is 26.3 Å². The van der Waals surface area contributed by atoms with E-state index in [2.05, 4.69) is 20.3 Å². The molecule has 2 aromatic heterocycles. The zero-order valence-electron chi connectivity index (χ0n) is 23.3. The molecule has 0 N–H and O–H groups in total. The maximum atomic E-state index is 13.6. The molecule has 4 aromatic rings. The van der Waals surface area contributed by atoms with Gasteiger partial charge in [0.05, 0.1) is 23.7 Å². The lowest BCUT2D eigenvalue weighted by Gasteiger charge is -2.30. The zero-order chi connectivity index (χ0) is 30.1. The number of nitrogens with zero attached hydrogens (tertiary/aromatic N) is 7.